The molecule has 2 rings (SSSR count). The molecule has 0 atom stereocenters. The Kier molecular flexibility index (Phi) is 1.56. The molecule has 1 aromatic heterocycles. The van der Waals surface area contributed by atoms with Crippen LogP contribution < -0.4 is 4.74 Å². The number of aromatic amines is 1. The summed E-state index contributed by atoms with van der Waals surface area (Å²) in [6.45, 7) is 2.95. The van der Waals surface area contributed by atoms with Crippen LogP contribution in [0.4, 0.5) is 0 Å². The summed E-state index contributed by atoms with van der Waals surface area (Å²) in [6, 6.07) is 0. The highest BCUT2D eigenvalue weighted by Gasteiger charge is 2.16. The molecule has 11 heavy (non-hydrogen) atoms. The first-order valence-corrected chi connectivity index (χ1v) is 4.10. The predicted octanol–water partition coefficient (Wildman–Crippen LogP) is 1.30. The Morgan fingerprint density at radius 1 is 1.64 bits per heavy atom. The topological polar surface area (TPSA) is 37.9 Å². The summed E-state index contributed by atoms with van der Waals surface area (Å²) < 4.78 is 5.39. The molecule has 0 saturated carbocycles. The minimum atomic E-state index is 0.832. The molecule has 3 heteroatoms. The summed E-state index contributed by atoms with van der Waals surface area (Å²) in [7, 11) is 0. The van der Waals surface area contributed by atoms with E-state index in [2.05, 4.69) is 17.1 Å². The van der Waals surface area contributed by atoms with Crippen molar-refractivity contribution in [1.29, 1.82) is 0 Å². The Bertz CT molecular complexity index is 241. The van der Waals surface area contributed by atoms with Crippen LogP contribution in [0.3, 0.4) is 0 Å². The number of fused-ring (bicyclic) bond motifs is 1. The monoisotopic (exact) mass is 152 g/mol. The second-order valence-electron chi connectivity index (χ2n) is 2.78. The van der Waals surface area contributed by atoms with Crippen LogP contribution in [0.15, 0.2) is 0 Å². The molecule has 0 fully saturated rings. The summed E-state index contributed by atoms with van der Waals surface area (Å²) >= 11 is 0. The van der Waals surface area contributed by atoms with Gasteiger partial charge in [-0.3, -0.25) is 0 Å². The van der Waals surface area contributed by atoms with Crippen molar-refractivity contribution in [2.24, 2.45) is 0 Å². The number of aryl methyl sites for hydroxylation is 1. The fraction of sp³-hybridized carbons (Fsp3) is 0.625. The highest BCUT2D eigenvalue weighted by molar-refractivity contribution is 5.31. The average molecular weight is 152 g/mol. The number of aromatic nitrogens is 2. The van der Waals surface area contributed by atoms with Gasteiger partial charge in [-0.05, 0) is 19.3 Å². The van der Waals surface area contributed by atoms with E-state index in [1.165, 1.54) is 11.3 Å². The number of H-pyrrole nitrogens is 1. The van der Waals surface area contributed by atoms with Crippen LogP contribution in [0.2, 0.25) is 0 Å². The van der Waals surface area contributed by atoms with Gasteiger partial charge in [-0.2, -0.15) is 5.10 Å². The maximum atomic E-state index is 5.39. The Morgan fingerprint density at radius 2 is 2.55 bits per heavy atom. The molecule has 3 nitrogen and oxygen atoms in total. The smallest absolute Gasteiger partial charge is 0.212 e. The van der Waals surface area contributed by atoms with Crippen molar-refractivity contribution >= 4 is 0 Å². The van der Waals surface area contributed by atoms with Gasteiger partial charge in [0.1, 0.15) is 0 Å². The fourth-order valence-corrected chi connectivity index (χ4v) is 1.48. The van der Waals surface area contributed by atoms with Gasteiger partial charge in [0, 0.05) is 5.56 Å². The number of ether oxygens (including phenoxy) is 1. The Labute approximate surface area is 65.8 Å². The lowest BCUT2D eigenvalue weighted by Gasteiger charge is -2.11. The van der Waals surface area contributed by atoms with Crippen LogP contribution in [0.5, 0.6) is 5.88 Å². The number of nitrogens with zero attached hydrogens (tertiary/aromatic N) is 1. The normalized spacial score (nSPS) is 15.7. The van der Waals surface area contributed by atoms with Crippen LogP contribution in [-0.2, 0) is 12.8 Å². The molecule has 0 saturated heterocycles. The van der Waals surface area contributed by atoms with Crippen LogP contribution in [0.1, 0.15) is 24.6 Å². The molecule has 0 radical (unpaired) electrons. The molecule has 0 aliphatic carbocycles. The fourth-order valence-electron chi connectivity index (χ4n) is 1.48. The summed E-state index contributed by atoms with van der Waals surface area (Å²) in [4.78, 5) is 0. The van der Waals surface area contributed by atoms with Crippen molar-refractivity contribution in [3.8, 4) is 5.88 Å². The molecule has 0 aromatic carbocycles. The molecule has 0 bridgehead atoms. The molecule has 2 heterocycles. The standard InChI is InChI=1S/C8H12N2O/c1-2-7-6-4-3-5-11-8(6)10-9-7/h2-5H2,1H3,(H,9,10). The lowest BCUT2D eigenvalue weighted by Crippen LogP contribution is -2.07. The second-order valence-corrected chi connectivity index (χ2v) is 2.78. The SMILES string of the molecule is CCc1n[nH]c2c1CCCO2. The van der Waals surface area contributed by atoms with Gasteiger partial charge in [-0.15, -0.1) is 0 Å². The number of rotatable bonds is 1. The molecular formula is C8H12N2O. The lowest BCUT2D eigenvalue weighted by atomic mass is 10.1. The second kappa shape index (κ2) is 2.57. The number of hydrogen-bond donors (Lipinski definition) is 1. The zero-order valence-corrected chi connectivity index (χ0v) is 6.68. The molecular weight excluding hydrogens is 140 g/mol. The van der Waals surface area contributed by atoms with E-state index in [1.807, 2.05) is 0 Å². The zero-order chi connectivity index (χ0) is 7.68. The van der Waals surface area contributed by atoms with Gasteiger partial charge in [0.15, 0.2) is 0 Å². The molecule has 1 N–H and O–H groups in total. The summed E-state index contributed by atoms with van der Waals surface area (Å²) in [5, 5.41) is 7.07. The van der Waals surface area contributed by atoms with Gasteiger partial charge in [0.05, 0.1) is 12.3 Å². The first-order valence-electron chi connectivity index (χ1n) is 4.10. The van der Waals surface area contributed by atoms with E-state index >= 15 is 0 Å². The highest BCUT2D eigenvalue weighted by Crippen LogP contribution is 2.24. The summed E-state index contributed by atoms with van der Waals surface area (Å²) in [5.74, 6) is 0.896. The van der Waals surface area contributed by atoms with Crippen LogP contribution in [0, 0.1) is 0 Å². The van der Waals surface area contributed by atoms with E-state index in [4.69, 9.17) is 4.74 Å². The van der Waals surface area contributed by atoms with E-state index in [1.54, 1.807) is 0 Å². The lowest BCUT2D eigenvalue weighted by molar-refractivity contribution is 0.277. The molecule has 60 valence electrons. The van der Waals surface area contributed by atoms with Crippen LogP contribution in [0.25, 0.3) is 0 Å². The Hall–Kier alpha value is -0.990. The van der Waals surface area contributed by atoms with Gasteiger partial charge >= 0.3 is 0 Å². The number of nitrogens with one attached hydrogen (secondary N) is 1. The molecule has 0 spiro atoms. The van der Waals surface area contributed by atoms with Gasteiger partial charge in [-0.25, -0.2) is 5.10 Å². The van der Waals surface area contributed by atoms with Crippen molar-refractivity contribution in [3.05, 3.63) is 11.3 Å². The van der Waals surface area contributed by atoms with E-state index in [-0.39, 0.29) is 0 Å². The van der Waals surface area contributed by atoms with Gasteiger partial charge in [-0.1, -0.05) is 6.92 Å². The number of hydrogen-bond acceptors (Lipinski definition) is 2. The van der Waals surface area contributed by atoms with E-state index in [0.717, 1.165) is 31.7 Å². The Morgan fingerprint density at radius 3 is 3.36 bits per heavy atom. The van der Waals surface area contributed by atoms with E-state index < -0.39 is 0 Å². The van der Waals surface area contributed by atoms with Crippen molar-refractivity contribution in [1.82, 2.24) is 10.2 Å². The molecule has 1 aromatic rings. The quantitative estimate of drug-likeness (QED) is 0.658. The van der Waals surface area contributed by atoms with E-state index in [0.29, 0.717) is 0 Å². The Balaban J connectivity index is 2.38. The molecule has 1 aliphatic heterocycles. The molecule has 0 unspecified atom stereocenters. The minimum Gasteiger partial charge on any atom is -0.478 e. The van der Waals surface area contributed by atoms with Crippen molar-refractivity contribution in [2.75, 3.05) is 6.61 Å². The van der Waals surface area contributed by atoms with Crippen molar-refractivity contribution in [3.63, 3.8) is 0 Å². The highest BCUT2D eigenvalue weighted by atomic mass is 16.5. The summed E-state index contributed by atoms with van der Waals surface area (Å²) in [5.41, 5.74) is 2.46. The largest absolute Gasteiger partial charge is 0.478 e. The maximum Gasteiger partial charge on any atom is 0.212 e. The third kappa shape index (κ3) is 1.00. The minimum absolute atomic E-state index is 0.832. The van der Waals surface area contributed by atoms with Crippen LogP contribution >= 0.6 is 0 Å². The maximum absolute atomic E-state index is 5.39. The third-order valence-corrected chi connectivity index (χ3v) is 2.07. The van der Waals surface area contributed by atoms with Crippen LogP contribution in [-0.4, -0.2) is 16.8 Å². The van der Waals surface area contributed by atoms with Gasteiger partial charge in [0.2, 0.25) is 5.88 Å². The third-order valence-electron chi connectivity index (χ3n) is 2.07. The molecule has 0 amide bonds. The van der Waals surface area contributed by atoms with Gasteiger partial charge < -0.3 is 4.74 Å². The van der Waals surface area contributed by atoms with E-state index in [9.17, 15) is 0 Å². The zero-order valence-electron chi connectivity index (χ0n) is 6.68. The predicted molar refractivity (Wildman–Crippen MR) is 41.8 cm³/mol. The summed E-state index contributed by atoms with van der Waals surface area (Å²) in [6.07, 6.45) is 3.24. The van der Waals surface area contributed by atoms with Crippen molar-refractivity contribution in [2.45, 2.75) is 26.2 Å². The van der Waals surface area contributed by atoms with Crippen molar-refractivity contribution < 1.29 is 4.74 Å². The van der Waals surface area contributed by atoms with Gasteiger partial charge in [0.25, 0.3) is 0 Å². The first-order chi connectivity index (χ1) is 5.42. The molecule has 1 aliphatic rings. The average Bonchev–Trinajstić information content (AvgIpc) is 2.47. The first kappa shape index (κ1) is 6.70.